The third-order valence-electron chi connectivity index (χ3n) is 15.5. The van der Waals surface area contributed by atoms with Crippen LogP contribution in [0.5, 0.6) is 0 Å². The molecule has 4 aromatic heterocycles. The van der Waals surface area contributed by atoms with Gasteiger partial charge in [-0.05, 0) is 80.4 Å². The van der Waals surface area contributed by atoms with Crippen molar-refractivity contribution in [1.82, 2.24) is 28.7 Å². The van der Waals surface area contributed by atoms with Crippen LogP contribution in [0.2, 0.25) is 0 Å². The van der Waals surface area contributed by atoms with Crippen LogP contribution in [0.15, 0.2) is 279 Å². The number of para-hydroxylation sites is 6. The summed E-state index contributed by atoms with van der Waals surface area (Å²) in [5.74, 6) is 1.61. The molecular weight excluding hydrogens is 941 g/mol. The lowest BCUT2D eigenvalue weighted by Crippen LogP contribution is -2.75. The Balaban J connectivity index is 1.08. The molecule has 11 aromatic carbocycles. The third kappa shape index (κ3) is 6.62. The highest BCUT2D eigenvalue weighted by Gasteiger charge is 2.43. The number of hydrogen-bond acceptors (Lipinski definition) is 3. The number of aromatic nitrogens is 6. The molecule has 0 aliphatic carbocycles. The van der Waals surface area contributed by atoms with Crippen LogP contribution in [0.3, 0.4) is 0 Å². The van der Waals surface area contributed by atoms with Gasteiger partial charge in [-0.3, -0.25) is 9.13 Å². The Morgan fingerprint density at radius 3 is 0.987 bits per heavy atom. The Kier molecular flexibility index (Phi) is 10.1. The molecular formula is C69H46N6Si. The second-order valence-corrected chi connectivity index (χ2v) is 23.3. The predicted octanol–water partition coefficient (Wildman–Crippen LogP) is 13.9. The van der Waals surface area contributed by atoms with Crippen LogP contribution in [-0.4, -0.2) is 36.7 Å². The van der Waals surface area contributed by atoms with Crippen LogP contribution in [0.1, 0.15) is 0 Å². The molecule has 0 N–H and O–H groups in total. The maximum atomic E-state index is 5.72. The molecule has 15 aromatic rings. The summed E-state index contributed by atoms with van der Waals surface area (Å²) in [4.78, 5) is 17.0. The van der Waals surface area contributed by atoms with Crippen LogP contribution >= 0.6 is 0 Å². The van der Waals surface area contributed by atoms with Crippen molar-refractivity contribution in [3.05, 3.63) is 279 Å². The summed E-state index contributed by atoms with van der Waals surface area (Å²) in [6.45, 7) is 0. The van der Waals surface area contributed by atoms with Gasteiger partial charge in [0.2, 0.25) is 11.9 Å². The summed E-state index contributed by atoms with van der Waals surface area (Å²) in [7, 11) is -3.01. The van der Waals surface area contributed by atoms with Crippen LogP contribution < -0.4 is 20.7 Å². The fourth-order valence-corrected chi connectivity index (χ4v) is 17.3. The van der Waals surface area contributed by atoms with Gasteiger partial charge < -0.3 is 4.57 Å². The average molecular weight is 987 g/mol. The van der Waals surface area contributed by atoms with Gasteiger partial charge in [0.1, 0.15) is 0 Å². The first-order chi connectivity index (χ1) is 37.7. The van der Waals surface area contributed by atoms with Crippen molar-refractivity contribution in [2.45, 2.75) is 0 Å². The summed E-state index contributed by atoms with van der Waals surface area (Å²) in [6, 6.07) is 101. The maximum Gasteiger partial charge on any atom is 0.240 e. The normalized spacial score (nSPS) is 11.9. The zero-order valence-electron chi connectivity index (χ0n) is 41.2. The second-order valence-electron chi connectivity index (χ2n) is 19.5. The van der Waals surface area contributed by atoms with Crippen molar-refractivity contribution in [3.8, 4) is 40.1 Å². The predicted molar refractivity (Wildman–Crippen MR) is 317 cm³/mol. The molecule has 0 fully saturated rings. The van der Waals surface area contributed by atoms with E-state index in [1.165, 1.54) is 31.5 Å². The van der Waals surface area contributed by atoms with Crippen molar-refractivity contribution in [1.29, 1.82) is 0 Å². The Labute approximate surface area is 439 Å². The lowest BCUT2D eigenvalue weighted by atomic mass is 10.0. The molecule has 4 heterocycles. The largest absolute Gasteiger partial charge is 0.309 e. The molecule has 0 saturated heterocycles. The lowest BCUT2D eigenvalue weighted by molar-refractivity contribution is 0.892. The van der Waals surface area contributed by atoms with E-state index in [9.17, 15) is 0 Å². The van der Waals surface area contributed by atoms with Crippen molar-refractivity contribution in [2.75, 3.05) is 0 Å². The third-order valence-corrected chi connectivity index (χ3v) is 20.3. The average Bonchev–Trinajstić information content (AvgIpc) is 4.23. The standard InChI is InChI=1S/C69H46N6Si/c1-4-24-48(25-5-1)76(49-26-6-2-7-27-49,50-28-8-3-9-29-50)66-43-23-16-30-51(66)47-44-45-65(73-59-37-17-10-31-52(59)53-32-11-18-38-60(53)73)58(46-47)67-70-68(74-61-39-19-12-33-54(61)55-34-13-20-40-62(55)74)72-69(71-67)75-63-41-21-14-35-56(63)57-36-15-22-42-64(57)75/h1-46H. The molecule has 0 aliphatic rings. The summed E-state index contributed by atoms with van der Waals surface area (Å²) in [6.07, 6.45) is 0. The second kappa shape index (κ2) is 17.6. The van der Waals surface area contributed by atoms with Gasteiger partial charge in [0.15, 0.2) is 13.9 Å². The molecule has 0 saturated carbocycles. The zero-order chi connectivity index (χ0) is 50.2. The Bertz CT molecular complexity index is 4320. The highest BCUT2D eigenvalue weighted by molar-refractivity contribution is 7.20. The van der Waals surface area contributed by atoms with Gasteiger partial charge in [-0.2, -0.15) is 15.0 Å². The van der Waals surface area contributed by atoms with Crippen molar-refractivity contribution in [3.63, 3.8) is 0 Å². The highest BCUT2D eigenvalue weighted by atomic mass is 28.3. The van der Waals surface area contributed by atoms with Gasteiger partial charge in [-0.15, -0.1) is 0 Å². The lowest BCUT2D eigenvalue weighted by Gasteiger charge is -2.36. The molecule has 0 atom stereocenters. The quantitative estimate of drug-likeness (QED) is 0.107. The molecule has 0 amide bonds. The topological polar surface area (TPSA) is 53.5 Å². The van der Waals surface area contributed by atoms with E-state index in [1.807, 2.05) is 0 Å². The maximum absolute atomic E-state index is 5.72. The first-order valence-corrected chi connectivity index (χ1v) is 27.9. The van der Waals surface area contributed by atoms with E-state index in [1.54, 1.807) is 0 Å². The summed E-state index contributed by atoms with van der Waals surface area (Å²) in [5.41, 5.74) is 10.3. The highest BCUT2D eigenvalue weighted by Crippen LogP contribution is 2.40. The van der Waals surface area contributed by atoms with Crippen LogP contribution in [0.25, 0.3) is 106 Å². The van der Waals surface area contributed by atoms with Gasteiger partial charge in [-0.25, -0.2) is 0 Å². The van der Waals surface area contributed by atoms with Crippen molar-refractivity contribution >= 4 is 94.2 Å². The van der Waals surface area contributed by atoms with Gasteiger partial charge in [0.25, 0.3) is 0 Å². The smallest absolute Gasteiger partial charge is 0.240 e. The fraction of sp³-hybridized carbons (Fsp3) is 0. The minimum absolute atomic E-state index is 0.530. The summed E-state index contributed by atoms with van der Waals surface area (Å²) >= 11 is 0. The number of benzene rings is 11. The number of nitrogens with zero attached hydrogens (tertiary/aromatic N) is 6. The molecule has 0 bridgehead atoms. The van der Waals surface area contributed by atoms with E-state index in [-0.39, 0.29) is 0 Å². The SMILES string of the molecule is c1ccc([Si](c2ccccc2)(c2ccccc2)c2ccccc2-c2ccc(-n3c4ccccc4c4ccccc43)c(-c3nc(-n4c5ccccc5c5ccccc54)nc(-n4c5ccccc5c5ccccc54)n3)c2)cc1. The first kappa shape index (κ1) is 43.6. The van der Waals surface area contributed by atoms with Gasteiger partial charge in [0, 0.05) is 37.9 Å². The van der Waals surface area contributed by atoms with E-state index >= 15 is 0 Å². The molecule has 6 nitrogen and oxygen atoms in total. The monoisotopic (exact) mass is 986 g/mol. The van der Waals surface area contributed by atoms with Crippen molar-refractivity contribution < 1.29 is 0 Å². The molecule has 0 radical (unpaired) electrons. The Hall–Kier alpha value is -9.95. The zero-order valence-corrected chi connectivity index (χ0v) is 42.2. The molecule has 15 rings (SSSR count). The van der Waals surface area contributed by atoms with Gasteiger partial charge in [0.05, 0.1) is 38.8 Å². The molecule has 0 unspecified atom stereocenters. The van der Waals surface area contributed by atoms with Gasteiger partial charge in [-0.1, -0.05) is 231 Å². The van der Waals surface area contributed by atoms with E-state index in [2.05, 4.69) is 293 Å². The van der Waals surface area contributed by atoms with E-state index in [4.69, 9.17) is 15.0 Å². The molecule has 7 heteroatoms. The number of fused-ring (bicyclic) bond motifs is 9. The minimum Gasteiger partial charge on any atom is -0.309 e. The number of rotatable bonds is 9. The van der Waals surface area contributed by atoms with E-state index < -0.39 is 8.07 Å². The van der Waals surface area contributed by atoms with Crippen LogP contribution in [-0.2, 0) is 0 Å². The Morgan fingerprint density at radius 2 is 0.592 bits per heavy atom. The minimum atomic E-state index is -3.01. The summed E-state index contributed by atoms with van der Waals surface area (Å²) < 4.78 is 6.83. The summed E-state index contributed by atoms with van der Waals surface area (Å²) in [5, 5.41) is 12.1. The first-order valence-electron chi connectivity index (χ1n) is 25.9. The van der Waals surface area contributed by atoms with Crippen LogP contribution in [0, 0.1) is 0 Å². The van der Waals surface area contributed by atoms with Gasteiger partial charge >= 0.3 is 0 Å². The molecule has 0 spiro atoms. The van der Waals surface area contributed by atoms with E-state index in [0.29, 0.717) is 17.7 Å². The number of hydrogen-bond donors (Lipinski definition) is 0. The van der Waals surface area contributed by atoms with Crippen LogP contribution in [0.4, 0.5) is 0 Å². The fourth-order valence-electron chi connectivity index (χ4n) is 12.3. The molecule has 0 aliphatic heterocycles. The molecule has 356 valence electrons. The molecule has 76 heavy (non-hydrogen) atoms. The van der Waals surface area contributed by atoms with Crippen molar-refractivity contribution in [2.24, 2.45) is 0 Å². The van der Waals surface area contributed by atoms with E-state index in [0.717, 1.165) is 77.0 Å². The Morgan fingerprint density at radius 1 is 0.263 bits per heavy atom.